The van der Waals surface area contributed by atoms with E-state index >= 15 is 0 Å². The number of hydrogen-bond donors (Lipinski definition) is 1. The van der Waals surface area contributed by atoms with Crippen LogP contribution in [0.3, 0.4) is 0 Å². The standard InChI is InChI=1S/C15H18ClN3S/c16-15-2-1-14(9-18-15)19(10-12-5-8-20-11-12)13-3-6-17-7-4-13/h1-2,5,8-9,11,13,17H,3-4,6-7,10H2. The molecule has 2 aromatic rings. The predicted molar refractivity (Wildman–Crippen MR) is 85.6 cm³/mol. The summed E-state index contributed by atoms with van der Waals surface area (Å²) in [5, 5.41) is 8.33. The van der Waals surface area contributed by atoms with Crippen molar-refractivity contribution in [1.82, 2.24) is 10.3 Å². The average Bonchev–Trinajstić information content (AvgIpc) is 3.00. The topological polar surface area (TPSA) is 28.2 Å². The van der Waals surface area contributed by atoms with Gasteiger partial charge in [0.1, 0.15) is 5.15 Å². The molecule has 3 rings (SSSR count). The van der Waals surface area contributed by atoms with Crippen molar-refractivity contribution in [3.63, 3.8) is 0 Å². The molecule has 0 radical (unpaired) electrons. The minimum atomic E-state index is 0.551. The first-order chi connectivity index (χ1) is 9.83. The molecule has 20 heavy (non-hydrogen) atoms. The van der Waals surface area contributed by atoms with Gasteiger partial charge in [-0.2, -0.15) is 11.3 Å². The molecule has 0 aromatic carbocycles. The van der Waals surface area contributed by atoms with Crippen molar-refractivity contribution >= 4 is 28.6 Å². The van der Waals surface area contributed by atoms with Gasteiger partial charge in [0.15, 0.2) is 0 Å². The van der Waals surface area contributed by atoms with Gasteiger partial charge in [0.2, 0.25) is 0 Å². The number of aromatic nitrogens is 1. The zero-order valence-corrected chi connectivity index (χ0v) is 12.8. The van der Waals surface area contributed by atoms with Crippen LogP contribution in [0, 0.1) is 0 Å². The number of rotatable bonds is 4. The molecular formula is C15H18ClN3S. The van der Waals surface area contributed by atoms with Gasteiger partial charge < -0.3 is 10.2 Å². The van der Waals surface area contributed by atoms with E-state index in [1.54, 1.807) is 11.3 Å². The molecule has 5 heteroatoms. The Morgan fingerprint density at radius 3 is 2.80 bits per heavy atom. The maximum absolute atomic E-state index is 5.91. The first-order valence-electron chi connectivity index (χ1n) is 6.93. The van der Waals surface area contributed by atoms with Gasteiger partial charge in [-0.1, -0.05) is 11.6 Å². The van der Waals surface area contributed by atoms with Crippen molar-refractivity contribution in [1.29, 1.82) is 0 Å². The normalized spacial score (nSPS) is 16.2. The molecule has 2 aromatic heterocycles. The van der Waals surface area contributed by atoms with Crippen LogP contribution in [0.4, 0.5) is 5.69 Å². The highest BCUT2D eigenvalue weighted by molar-refractivity contribution is 7.07. The van der Waals surface area contributed by atoms with Crippen LogP contribution in [0.1, 0.15) is 18.4 Å². The summed E-state index contributed by atoms with van der Waals surface area (Å²) in [7, 11) is 0. The summed E-state index contributed by atoms with van der Waals surface area (Å²) in [4.78, 5) is 6.70. The lowest BCUT2D eigenvalue weighted by Crippen LogP contribution is -2.43. The third-order valence-electron chi connectivity index (χ3n) is 3.73. The van der Waals surface area contributed by atoms with Crippen LogP contribution in [0.25, 0.3) is 0 Å². The lowest BCUT2D eigenvalue weighted by Gasteiger charge is -2.36. The Labute approximate surface area is 128 Å². The largest absolute Gasteiger partial charge is 0.363 e. The minimum Gasteiger partial charge on any atom is -0.363 e. The van der Waals surface area contributed by atoms with Crippen LogP contribution in [0.5, 0.6) is 0 Å². The number of thiophene rings is 1. The van der Waals surface area contributed by atoms with E-state index in [4.69, 9.17) is 11.6 Å². The van der Waals surface area contributed by atoms with Crippen molar-refractivity contribution in [2.24, 2.45) is 0 Å². The predicted octanol–water partition coefficient (Wildman–Crippen LogP) is 3.56. The Bertz CT molecular complexity index is 521. The molecule has 1 N–H and O–H groups in total. The Kier molecular flexibility index (Phi) is 4.55. The van der Waals surface area contributed by atoms with Gasteiger partial charge >= 0.3 is 0 Å². The van der Waals surface area contributed by atoms with Gasteiger partial charge in [-0.3, -0.25) is 0 Å². The van der Waals surface area contributed by atoms with Crippen molar-refractivity contribution in [2.75, 3.05) is 18.0 Å². The van der Waals surface area contributed by atoms with E-state index in [0.29, 0.717) is 11.2 Å². The quantitative estimate of drug-likeness (QED) is 0.876. The molecule has 1 fully saturated rings. The van der Waals surface area contributed by atoms with Crippen LogP contribution in [0.15, 0.2) is 35.2 Å². The number of halogens is 1. The Morgan fingerprint density at radius 2 is 2.15 bits per heavy atom. The molecule has 0 aliphatic carbocycles. The summed E-state index contributed by atoms with van der Waals surface area (Å²) in [5.74, 6) is 0. The van der Waals surface area contributed by atoms with Gasteiger partial charge in [0, 0.05) is 12.6 Å². The smallest absolute Gasteiger partial charge is 0.129 e. The van der Waals surface area contributed by atoms with E-state index in [1.807, 2.05) is 12.3 Å². The first kappa shape index (κ1) is 13.9. The fraction of sp³-hybridized carbons (Fsp3) is 0.400. The molecular weight excluding hydrogens is 290 g/mol. The first-order valence-corrected chi connectivity index (χ1v) is 8.25. The van der Waals surface area contributed by atoms with Gasteiger partial charge in [0.05, 0.1) is 11.9 Å². The molecule has 0 spiro atoms. The summed E-state index contributed by atoms with van der Waals surface area (Å²) < 4.78 is 0. The van der Waals surface area contributed by atoms with Crippen LogP contribution < -0.4 is 10.2 Å². The highest BCUT2D eigenvalue weighted by atomic mass is 35.5. The fourth-order valence-electron chi connectivity index (χ4n) is 2.67. The molecule has 0 unspecified atom stereocenters. The molecule has 0 atom stereocenters. The Balaban J connectivity index is 1.83. The number of nitrogens with zero attached hydrogens (tertiary/aromatic N) is 2. The maximum atomic E-state index is 5.91. The van der Waals surface area contributed by atoms with Crippen LogP contribution in [-0.2, 0) is 6.54 Å². The van der Waals surface area contributed by atoms with Gasteiger partial charge in [-0.05, 0) is 60.5 Å². The molecule has 106 valence electrons. The monoisotopic (exact) mass is 307 g/mol. The summed E-state index contributed by atoms with van der Waals surface area (Å²) in [6.45, 7) is 3.12. The number of hydrogen-bond acceptors (Lipinski definition) is 4. The van der Waals surface area contributed by atoms with Crippen molar-refractivity contribution < 1.29 is 0 Å². The number of anilines is 1. The fourth-order valence-corrected chi connectivity index (χ4v) is 3.44. The van der Waals surface area contributed by atoms with Gasteiger partial charge in [0.25, 0.3) is 0 Å². The van der Waals surface area contributed by atoms with E-state index in [9.17, 15) is 0 Å². The molecule has 1 aliphatic heterocycles. The second kappa shape index (κ2) is 6.57. The Hall–Kier alpha value is -1.10. The second-order valence-corrected chi connectivity index (χ2v) is 6.25. The zero-order chi connectivity index (χ0) is 13.8. The maximum Gasteiger partial charge on any atom is 0.129 e. The van der Waals surface area contributed by atoms with E-state index in [1.165, 1.54) is 18.4 Å². The summed E-state index contributed by atoms with van der Waals surface area (Å²) in [5.41, 5.74) is 2.52. The lowest BCUT2D eigenvalue weighted by atomic mass is 10.0. The lowest BCUT2D eigenvalue weighted by molar-refractivity contribution is 0.428. The van der Waals surface area contributed by atoms with Crippen molar-refractivity contribution in [2.45, 2.75) is 25.4 Å². The van der Waals surface area contributed by atoms with Crippen molar-refractivity contribution in [3.8, 4) is 0 Å². The highest BCUT2D eigenvalue weighted by Crippen LogP contribution is 2.25. The third-order valence-corrected chi connectivity index (χ3v) is 4.68. The summed E-state index contributed by atoms with van der Waals surface area (Å²) in [6, 6.07) is 6.71. The molecule has 0 amide bonds. The zero-order valence-electron chi connectivity index (χ0n) is 11.3. The van der Waals surface area contributed by atoms with Gasteiger partial charge in [-0.15, -0.1) is 0 Å². The van der Waals surface area contributed by atoms with Gasteiger partial charge in [-0.25, -0.2) is 4.98 Å². The van der Waals surface area contributed by atoms with E-state index in [2.05, 4.69) is 38.1 Å². The number of pyridine rings is 1. The van der Waals surface area contributed by atoms with E-state index in [0.717, 1.165) is 25.3 Å². The van der Waals surface area contributed by atoms with E-state index in [-0.39, 0.29) is 0 Å². The molecule has 1 aliphatic rings. The van der Waals surface area contributed by atoms with Crippen LogP contribution >= 0.6 is 22.9 Å². The summed E-state index contributed by atoms with van der Waals surface area (Å²) in [6.07, 6.45) is 4.23. The third kappa shape index (κ3) is 3.32. The average molecular weight is 308 g/mol. The van der Waals surface area contributed by atoms with Crippen LogP contribution in [0.2, 0.25) is 5.15 Å². The highest BCUT2D eigenvalue weighted by Gasteiger charge is 2.21. The SMILES string of the molecule is Clc1ccc(N(Cc2ccsc2)C2CCNCC2)cn1. The van der Waals surface area contributed by atoms with Crippen LogP contribution in [-0.4, -0.2) is 24.1 Å². The second-order valence-electron chi connectivity index (χ2n) is 5.08. The molecule has 0 bridgehead atoms. The minimum absolute atomic E-state index is 0.551. The molecule has 0 saturated carbocycles. The molecule has 3 heterocycles. The number of piperidine rings is 1. The number of nitrogens with one attached hydrogen (secondary N) is 1. The molecule has 3 nitrogen and oxygen atoms in total. The summed E-state index contributed by atoms with van der Waals surface area (Å²) >= 11 is 7.66. The van der Waals surface area contributed by atoms with E-state index < -0.39 is 0 Å². The molecule has 1 saturated heterocycles. The van der Waals surface area contributed by atoms with Crippen molar-refractivity contribution in [3.05, 3.63) is 45.9 Å². The Morgan fingerprint density at radius 1 is 1.30 bits per heavy atom.